The first-order valence-electron chi connectivity index (χ1n) is 6.30. The van der Waals surface area contributed by atoms with Crippen molar-refractivity contribution in [2.75, 3.05) is 0 Å². The Morgan fingerprint density at radius 3 is 0.875 bits per heavy atom. The van der Waals surface area contributed by atoms with E-state index in [-0.39, 0.29) is 12.3 Å². The third-order valence-corrected chi connectivity index (χ3v) is 3.32. The van der Waals surface area contributed by atoms with E-state index < -0.39 is 0 Å². The Hall–Kier alpha value is -0.160. The van der Waals surface area contributed by atoms with Gasteiger partial charge < -0.3 is 23.8 Å². The van der Waals surface area contributed by atoms with E-state index in [0.717, 1.165) is 25.7 Å². The third kappa shape index (κ3) is 9.09. The van der Waals surface area contributed by atoms with Crippen molar-refractivity contribution in [1.82, 2.24) is 12.3 Å². The van der Waals surface area contributed by atoms with Crippen molar-refractivity contribution in [3.8, 4) is 0 Å². The number of hydrogen-bond acceptors (Lipinski definition) is 4. The molecule has 0 unspecified atom stereocenters. The van der Waals surface area contributed by atoms with Gasteiger partial charge in [-0.2, -0.15) is 0 Å². The molecule has 0 bridgehead atoms. The zero-order valence-corrected chi connectivity index (χ0v) is 10.8. The Morgan fingerprint density at radius 1 is 0.500 bits per heavy atom. The minimum Gasteiger partial charge on any atom is -0.344 e. The van der Waals surface area contributed by atoms with Gasteiger partial charge >= 0.3 is 0 Å². The number of rotatable bonds is 0. The summed E-state index contributed by atoms with van der Waals surface area (Å²) < 4.78 is 0. The lowest BCUT2D eigenvalue weighted by Crippen LogP contribution is -2.33. The Kier molecular flexibility index (Phi) is 12.9. The van der Waals surface area contributed by atoms with E-state index >= 15 is 0 Å². The van der Waals surface area contributed by atoms with E-state index in [1.54, 1.807) is 0 Å². The summed E-state index contributed by atoms with van der Waals surface area (Å²) in [5.41, 5.74) is 11.3. The molecule has 4 heteroatoms. The maximum absolute atomic E-state index is 5.64. The Labute approximate surface area is 101 Å². The highest BCUT2D eigenvalue weighted by atomic mass is 14.7. The molecule has 4 nitrogen and oxygen atoms in total. The van der Waals surface area contributed by atoms with Crippen molar-refractivity contribution in [1.29, 1.82) is 0 Å². The molecule has 2 rings (SSSR count). The van der Waals surface area contributed by atoms with Crippen LogP contribution in [0.2, 0.25) is 0 Å². The van der Waals surface area contributed by atoms with Gasteiger partial charge in [-0.05, 0) is 25.7 Å². The quantitative estimate of drug-likeness (QED) is 0.513. The largest absolute Gasteiger partial charge is 0.344 e. The average molecular weight is 232 g/mol. The lowest BCUT2D eigenvalue weighted by molar-refractivity contribution is 0.395. The van der Waals surface area contributed by atoms with Gasteiger partial charge in [0.15, 0.2) is 0 Å². The number of hydrogen-bond donors (Lipinski definition) is 4. The molecule has 2 aliphatic carbocycles. The monoisotopic (exact) mass is 232 g/mol. The Morgan fingerprint density at radius 2 is 0.688 bits per heavy atom. The van der Waals surface area contributed by atoms with Gasteiger partial charge in [-0.15, -0.1) is 0 Å². The zero-order valence-electron chi connectivity index (χ0n) is 10.8. The highest BCUT2D eigenvalue weighted by Gasteiger charge is 2.13. The molecule has 0 aromatic rings. The minimum absolute atomic E-state index is 0. The average Bonchev–Trinajstić information content (AvgIpc) is 2.26. The van der Waals surface area contributed by atoms with E-state index in [1.807, 2.05) is 0 Å². The smallest absolute Gasteiger partial charge is 0.00399 e. The summed E-state index contributed by atoms with van der Waals surface area (Å²) in [6.45, 7) is 0. The summed E-state index contributed by atoms with van der Waals surface area (Å²) in [6.07, 6.45) is 13.5. The van der Waals surface area contributed by atoms with Crippen LogP contribution in [0.3, 0.4) is 0 Å². The molecule has 0 atom stereocenters. The SMILES string of the molecule is C1CCCCC1.N.N.NC1CCC(N)CC1. The molecule has 2 saturated carbocycles. The molecule has 2 aliphatic rings. The van der Waals surface area contributed by atoms with Gasteiger partial charge in [-0.3, -0.25) is 0 Å². The highest BCUT2D eigenvalue weighted by molar-refractivity contribution is 4.75. The second-order valence-electron chi connectivity index (χ2n) is 4.80. The third-order valence-electron chi connectivity index (χ3n) is 3.32. The first-order chi connectivity index (χ1) is 6.79. The lowest BCUT2D eigenvalue weighted by atomic mass is 9.93. The normalized spacial score (nSPS) is 28.9. The number of nitrogens with two attached hydrogens (primary N) is 2. The fraction of sp³-hybridized carbons (Fsp3) is 1.00. The summed E-state index contributed by atoms with van der Waals surface area (Å²) in [5.74, 6) is 0. The molecule has 10 N–H and O–H groups in total. The van der Waals surface area contributed by atoms with Gasteiger partial charge in [0.05, 0.1) is 0 Å². The lowest BCUT2D eigenvalue weighted by Gasteiger charge is -2.22. The molecule has 2 fully saturated rings. The predicted octanol–water partition coefficient (Wildman–Crippen LogP) is 2.88. The van der Waals surface area contributed by atoms with Crippen LogP contribution in [0.4, 0.5) is 0 Å². The molecule has 100 valence electrons. The van der Waals surface area contributed by atoms with Gasteiger partial charge in [-0.1, -0.05) is 38.5 Å². The maximum Gasteiger partial charge on any atom is 0.00399 e. The standard InChI is InChI=1S/C6H14N2.C6H12.2H3N/c7-5-1-2-6(8)4-3-5;1-2-4-6-5-3-1;;/h5-6H,1-4,7-8H2;1-6H2;2*1H3. The molecule has 0 aromatic carbocycles. The summed E-state index contributed by atoms with van der Waals surface area (Å²) in [6, 6.07) is 0.879. The van der Waals surface area contributed by atoms with Crippen LogP contribution in [0, 0.1) is 0 Å². The van der Waals surface area contributed by atoms with Gasteiger partial charge in [0.2, 0.25) is 0 Å². The second kappa shape index (κ2) is 11.3. The molecule has 0 saturated heterocycles. The van der Waals surface area contributed by atoms with Crippen LogP contribution in [0.25, 0.3) is 0 Å². The van der Waals surface area contributed by atoms with E-state index in [0.29, 0.717) is 12.1 Å². The predicted molar refractivity (Wildman–Crippen MR) is 72.2 cm³/mol. The first kappa shape index (κ1) is 18.2. The van der Waals surface area contributed by atoms with Gasteiger partial charge in [0.1, 0.15) is 0 Å². The van der Waals surface area contributed by atoms with Crippen molar-refractivity contribution in [2.24, 2.45) is 11.5 Å². The molecule has 0 aromatic heterocycles. The molecule has 16 heavy (non-hydrogen) atoms. The summed E-state index contributed by atoms with van der Waals surface area (Å²) in [7, 11) is 0. The summed E-state index contributed by atoms with van der Waals surface area (Å²) >= 11 is 0. The van der Waals surface area contributed by atoms with Gasteiger partial charge in [0.25, 0.3) is 0 Å². The molecule has 0 radical (unpaired) electrons. The van der Waals surface area contributed by atoms with Crippen molar-refractivity contribution in [3.63, 3.8) is 0 Å². The molecular formula is C12H32N4. The fourth-order valence-electron chi connectivity index (χ4n) is 2.21. The van der Waals surface area contributed by atoms with Crippen LogP contribution in [-0.2, 0) is 0 Å². The van der Waals surface area contributed by atoms with E-state index in [1.165, 1.54) is 38.5 Å². The van der Waals surface area contributed by atoms with Crippen LogP contribution < -0.4 is 23.8 Å². The van der Waals surface area contributed by atoms with Crippen LogP contribution in [-0.4, -0.2) is 12.1 Å². The second-order valence-corrected chi connectivity index (χ2v) is 4.80. The van der Waals surface area contributed by atoms with Crippen LogP contribution >= 0.6 is 0 Å². The molecule has 0 spiro atoms. The Balaban J connectivity index is 0. The molecule has 0 aliphatic heterocycles. The van der Waals surface area contributed by atoms with E-state index in [9.17, 15) is 0 Å². The minimum atomic E-state index is 0. The van der Waals surface area contributed by atoms with Crippen LogP contribution in [0.1, 0.15) is 64.2 Å². The summed E-state index contributed by atoms with van der Waals surface area (Å²) in [5, 5.41) is 0. The molecular weight excluding hydrogens is 200 g/mol. The summed E-state index contributed by atoms with van der Waals surface area (Å²) in [4.78, 5) is 0. The van der Waals surface area contributed by atoms with Crippen molar-refractivity contribution in [3.05, 3.63) is 0 Å². The van der Waals surface area contributed by atoms with Gasteiger partial charge in [-0.25, -0.2) is 0 Å². The fourth-order valence-corrected chi connectivity index (χ4v) is 2.21. The maximum atomic E-state index is 5.64. The highest BCUT2D eigenvalue weighted by Crippen LogP contribution is 2.15. The van der Waals surface area contributed by atoms with Crippen molar-refractivity contribution in [2.45, 2.75) is 76.3 Å². The molecule has 0 heterocycles. The van der Waals surface area contributed by atoms with E-state index in [2.05, 4.69) is 0 Å². The first-order valence-corrected chi connectivity index (χ1v) is 6.30. The Bertz CT molecular complexity index is 107. The van der Waals surface area contributed by atoms with Gasteiger partial charge in [0, 0.05) is 12.1 Å². The molecule has 0 amide bonds. The zero-order chi connectivity index (χ0) is 10.2. The topological polar surface area (TPSA) is 122 Å². The van der Waals surface area contributed by atoms with Crippen LogP contribution in [0.15, 0.2) is 0 Å². The van der Waals surface area contributed by atoms with E-state index in [4.69, 9.17) is 11.5 Å². The van der Waals surface area contributed by atoms with Crippen LogP contribution in [0.5, 0.6) is 0 Å². The van der Waals surface area contributed by atoms with Crippen molar-refractivity contribution < 1.29 is 0 Å². The van der Waals surface area contributed by atoms with Crippen molar-refractivity contribution >= 4 is 0 Å².